The third-order valence-electron chi connectivity index (χ3n) is 4.74. The first-order valence-corrected chi connectivity index (χ1v) is 11.4. The normalized spacial score (nSPS) is 11.4. The maximum absolute atomic E-state index is 12.5. The number of amides is 1. The van der Waals surface area contributed by atoms with E-state index in [4.69, 9.17) is 0 Å². The number of imidazole rings is 1. The van der Waals surface area contributed by atoms with E-state index in [0.717, 1.165) is 23.3 Å². The highest BCUT2D eigenvalue weighted by molar-refractivity contribution is 7.92. The summed E-state index contributed by atoms with van der Waals surface area (Å²) in [5, 5.41) is 2.87. The number of hydrogen-bond donors (Lipinski definition) is 3. The number of sulfonamides is 1. The van der Waals surface area contributed by atoms with E-state index in [0.29, 0.717) is 24.2 Å². The van der Waals surface area contributed by atoms with Crippen LogP contribution in [-0.4, -0.2) is 30.8 Å². The van der Waals surface area contributed by atoms with Crippen molar-refractivity contribution in [2.45, 2.75) is 17.7 Å². The van der Waals surface area contributed by atoms with Gasteiger partial charge in [0.15, 0.2) is 0 Å². The zero-order valence-electron chi connectivity index (χ0n) is 16.7. The number of nitrogens with one attached hydrogen (secondary N) is 3. The number of carbonyl (C=O) groups is 1. The second kappa shape index (κ2) is 9.01. The Morgan fingerprint density at radius 1 is 0.935 bits per heavy atom. The van der Waals surface area contributed by atoms with Crippen LogP contribution in [0.15, 0.2) is 83.8 Å². The molecule has 4 rings (SSSR count). The molecule has 0 unspecified atom stereocenters. The van der Waals surface area contributed by atoms with Crippen molar-refractivity contribution in [1.29, 1.82) is 0 Å². The first-order chi connectivity index (χ1) is 15.0. The molecule has 0 spiro atoms. The average molecular weight is 435 g/mol. The Morgan fingerprint density at radius 3 is 2.52 bits per heavy atom. The molecule has 7 nitrogen and oxygen atoms in total. The van der Waals surface area contributed by atoms with Crippen molar-refractivity contribution in [1.82, 2.24) is 15.3 Å². The summed E-state index contributed by atoms with van der Waals surface area (Å²) >= 11 is 0. The van der Waals surface area contributed by atoms with Gasteiger partial charge in [-0.2, -0.15) is 0 Å². The molecule has 0 aliphatic heterocycles. The van der Waals surface area contributed by atoms with Crippen molar-refractivity contribution in [2.24, 2.45) is 0 Å². The van der Waals surface area contributed by atoms with Gasteiger partial charge in [0.05, 0.1) is 15.9 Å². The van der Waals surface area contributed by atoms with Gasteiger partial charge in [0, 0.05) is 24.2 Å². The van der Waals surface area contributed by atoms with Crippen molar-refractivity contribution in [3.8, 4) is 0 Å². The third-order valence-corrected chi connectivity index (χ3v) is 6.14. The lowest BCUT2D eigenvalue weighted by Crippen LogP contribution is -2.25. The number of aromatic amines is 1. The molecule has 1 heterocycles. The first kappa shape index (κ1) is 20.6. The fraction of sp³-hybridized carbons (Fsp3) is 0.130. The van der Waals surface area contributed by atoms with E-state index in [1.54, 1.807) is 36.4 Å². The van der Waals surface area contributed by atoms with Gasteiger partial charge >= 0.3 is 0 Å². The molecule has 3 aromatic carbocycles. The Hall–Kier alpha value is -3.65. The minimum absolute atomic E-state index is 0.162. The van der Waals surface area contributed by atoms with Crippen LogP contribution in [0.2, 0.25) is 0 Å². The third kappa shape index (κ3) is 5.10. The van der Waals surface area contributed by atoms with E-state index in [1.165, 1.54) is 18.2 Å². The van der Waals surface area contributed by atoms with Crippen LogP contribution >= 0.6 is 0 Å². The van der Waals surface area contributed by atoms with E-state index < -0.39 is 10.0 Å². The summed E-state index contributed by atoms with van der Waals surface area (Å²) < 4.78 is 27.5. The number of anilines is 1. The van der Waals surface area contributed by atoms with Gasteiger partial charge in [-0.3, -0.25) is 9.52 Å². The molecule has 0 fully saturated rings. The Kier molecular flexibility index (Phi) is 5.99. The molecule has 0 bridgehead atoms. The second-order valence-corrected chi connectivity index (χ2v) is 8.74. The number of benzene rings is 3. The summed E-state index contributed by atoms with van der Waals surface area (Å²) in [4.78, 5) is 20.4. The zero-order chi connectivity index (χ0) is 21.7. The van der Waals surface area contributed by atoms with Crippen LogP contribution in [0.25, 0.3) is 11.0 Å². The number of H-pyrrole nitrogens is 1. The Morgan fingerprint density at radius 2 is 1.71 bits per heavy atom. The van der Waals surface area contributed by atoms with Crippen LogP contribution in [0.3, 0.4) is 0 Å². The van der Waals surface area contributed by atoms with Gasteiger partial charge in [0.2, 0.25) is 0 Å². The summed E-state index contributed by atoms with van der Waals surface area (Å²) in [5.74, 6) is 0.623. The van der Waals surface area contributed by atoms with Crippen LogP contribution in [0.4, 0.5) is 5.69 Å². The molecule has 3 N–H and O–H groups in total. The lowest BCUT2D eigenvalue weighted by molar-refractivity contribution is 0.0953. The van der Waals surface area contributed by atoms with E-state index in [2.05, 4.69) is 20.0 Å². The molecule has 31 heavy (non-hydrogen) atoms. The SMILES string of the molecule is O=C(NCCCc1nc2ccccc2[nH]1)c1cccc(NS(=O)(=O)c2ccccc2)c1. The number of nitrogens with zero attached hydrogens (tertiary/aromatic N) is 1. The lowest BCUT2D eigenvalue weighted by atomic mass is 10.2. The van der Waals surface area contributed by atoms with E-state index >= 15 is 0 Å². The van der Waals surface area contributed by atoms with Gasteiger partial charge < -0.3 is 10.3 Å². The highest BCUT2D eigenvalue weighted by Crippen LogP contribution is 2.17. The maximum atomic E-state index is 12.5. The fourth-order valence-electron chi connectivity index (χ4n) is 3.22. The van der Waals surface area contributed by atoms with Crippen LogP contribution in [0.1, 0.15) is 22.6 Å². The fourth-order valence-corrected chi connectivity index (χ4v) is 4.29. The number of aryl methyl sites for hydroxylation is 1. The van der Waals surface area contributed by atoms with Crippen molar-refractivity contribution in [3.05, 3.63) is 90.3 Å². The molecule has 0 radical (unpaired) electrons. The van der Waals surface area contributed by atoms with E-state index in [-0.39, 0.29) is 10.8 Å². The number of fused-ring (bicyclic) bond motifs is 1. The zero-order valence-corrected chi connectivity index (χ0v) is 17.5. The van der Waals surface area contributed by atoms with Gasteiger partial charge in [-0.15, -0.1) is 0 Å². The van der Waals surface area contributed by atoms with Crippen molar-refractivity contribution >= 4 is 32.7 Å². The minimum Gasteiger partial charge on any atom is -0.352 e. The molecule has 158 valence electrons. The quantitative estimate of drug-likeness (QED) is 0.368. The van der Waals surface area contributed by atoms with Crippen LogP contribution in [0, 0.1) is 0 Å². The standard InChI is InChI=1S/C23H22N4O3S/c28-23(24-15-7-14-22-25-20-12-4-5-13-21(20)26-22)17-8-6-9-18(16-17)27-31(29,30)19-10-2-1-3-11-19/h1-6,8-13,16,27H,7,14-15H2,(H,24,28)(H,25,26). The molecule has 1 amide bonds. The number of carbonyl (C=O) groups excluding carboxylic acids is 1. The second-order valence-electron chi connectivity index (χ2n) is 7.06. The highest BCUT2D eigenvalue weighted by atomic mass is 32.2. The van der Waals surface area contributed by atoms with Crippen LogP contribution < -0.4 is 10.0 Å². The molecule has 1 aromatic heterocycles. The summed E-state index contributed by atoms with van der Waals surface area (Å²) in [6.07, 6.45) is 1.44. The van der Waals surface area contributed by atoms with Gasteiger partial charge in [-0.1, -0.05) is 36.4 Å². The maximum Gasteiger partial charge on any atom is 0.261 e. The molecular formula is C23H22N4O3S. The molecule has 0 aliphatic carbocycles. The molecule has 0 atom stereocenters. The van der Waals surface area contributed by atoms with Crippen LogP contribution in [-0.2, 0) is 16.4 Å². The van der Waals surface area contributed by atoms with Crippen molar-refractivity contribution < 1.29 is 13.2 Å². The molecule has 0 aliphatic rings. The first-order valence-electron chi connectivity index (χ1n) is 9.91. The number of hydrogen-bond acceptors (Lipinski definition) is 4. The predicted octanol–water partition coefficient (Wildman–Crippen LogP) is 3.73. The molecule has 0 saturated carbocycles. The topological polar surface area (TPSA) is 104 Å². The lowest BCUT2D eigenvalue weighted by Gasteiger charge is -2.10. The number of aromatic nitrogens is 2. The number of rotatable bonds is 8. The van der Waals surface area contributed by atoms with Gasteiger partial charge in [-0.05, 0) is 48.9 Å². The molecular weight excluding hydrogens is 412 g/mol. The minimum atomic E-state index is -3.71. The predicted molar refractivity (Wildman–Crippen MR) is 120 cm³/mol. The van der Waals surface area contributed by atoms with Gasteiger partial charge in [0.25, 0.3) is 15.9 Å². The monoisotopic (exact) mass is 434 g/mol. The summed E-state index contributed by atoms with van der Waals surface area (Å²) in [5.41, 5.74) is 2.64. The van der Waals surface area contributed by atoms with Gasteiger partial charge in [-0.25, -0.2) is 13.4 Å². The van der Waals surface area contributed by atoms with E-state index in [1.807, 2.05) is 24.3 Å². The average Bonchev–Trinajstić information content (AvgIpc) is 3.20. The Bertz CT molecular complexity index is 1270. The van der Waals surface area contributed by atoms with Crippen LogP contribution in [0.5, 0.6) is 0 Å². The molecule has 0 saturated heterocycles. The Labute approximate surface area is 180 Å². The summed E-state index contributed by atoms with van der Waals surface area (Å²) in [6.45, 7) is 0.482. The highest BCUT2D eigenvalue weighted by Gasteiger charge is 2.14. The molecule has 8 heteroatoms. The van der Waals surface area contributed by atoms with Gasteiger partial charge in [0.1, 0.15) is 5.82 Å². The summed E-state index contributed by atoms with van der Waals surface area (Å²) in [6, 6.07) is 22.4. The van der Waals surface area contributed by atoms with Crippen molar-refractivity contribution in [2.75, 3.05) is 11.3 Å². The smallest absolute Gasteiger partial charge is 0.261 e. The molecule has 4 aromatic rings. The van der Waals surface area contributed by atoms with E-state index in [9.17, 15) is 13.2 Å². The largest absolute Gasteiger partial charge is 0.352 e. The van der Waals surface area contributed by atoms with Crippen molar-refractivity contribution in [3.63, 3.8) is 0 Å². The summed E-state index contributed by atoms with van der Waals surface area (Å²) in [7, 11) is -3.71. The number of para-hydroxylation sites is 2. The Balaban J connectivity index is 1.32.